The molecule has 0 amide bonds. The molecule has 0 spiro atoms. The number of nitrogens with zero attached hydrogens (tertiary/aromatic N) is 4. The monoisotopic (exact) mass is 339 g/mol. The normalized spacial score (nSPS) is 18.6. The Bertz CT molecular complexity index is 724. The highest BCUT2D eigenvalue weighted by atomic mass is 16.5. The number of rotatable bonds is 4. The molecule has 25 heavy (non-hydrogen) atoms. The maximum atomic E-state index is 5.98. The number of hydrogen-bond acceptors (Lipinski definition) is 6. The molecule has 0 radical (unpaired) electrons. The van der Waals surface area contributed by atoms with Crippen LogP contribution in [0.25, 0.3) is 11.3 Å². The second kappa shape index (κ2) is 7.37. The molecule has 2 N–H and O–H groups in total. The number of aromatic nitrogens is 2. The van der Waals surface area contributed by atoms with Crippen molar-refractivity contribution < 1.29 is 4.74 Å². The van der Waals surface area contributed by atoms with Gasteiger partial charge in [0.05, 0.1) is 18.9 Å². The molecule has 2 fully saturated rings. The zero-order valence-electron chi connectivity index (χ0n) is 14.5. The van der Waals surface area contributed by atoms with E-state index in [4.69, 9.17) is 10.5 Å². The molecule has 0 bridgehead atoms. The first-order valence-electron chi connectivity index (χ1n) is 9.07. The smallest absolute Gasteiger partial charge is 0.222 e. The van der Waals surface area contributed by atoms with Gasteiger partial charge in [-0.2, -0.15) is 4.98 Å². The lowest BCUT2D eigenvalue weighted by Gasteiger charge is -2.26. The van der Waals surface area contributed by atoms with Gasteiger partial charge < -0.3 is 15.4 Å². The highest BCUT2D eigenvalue weighted by Gasteiger charge is 2.16. The summed E-state index contributed by atoms with van der Waals surface area (Å²) in [5.74, 6) is 1.29. The molecule has 6 nitrogen and oxygen atoms in total. The molecule has 2 aliphatic heterocycles. The maximum absolute atomic E-state index is 5.98. The van der Waals surface area contributed by atoms with Gasteiger partial charge in [-0.25, -0.2) is 4.98 Å². The van der Waals surface area contributed by atoms with Gasteiger partial charge in [-0.15, -0.1) is 0 Å². The predicted octanol–water partition coefficient (Wildman–Crippen LogP) is 2.16. The fraction of sp³-hybridized carbons (Fsp3) is 0.474. The zero-order valence-corrected chi connectivity index (χ0v) is 14.5. The Hall–Kier alpha value is -2.18. The van der Waals surface area contributed by atoms with Crippen LogP contribution >= 0.6 is 0 Å². The summed E-state index contributed by atoms with van der Waals surface area (Å²) in [6.45, 7) is 6.66. The van der Waals surface area contributed by atoms with Gasteiger partial charge >= 0.3 is 0 Å². The van der Waals surface area contributed by atoms with Crippen LogP contribution in [0.5, 0.6) is 0 Å². The summed E-state index contributed by atoms with van der Waals surface area (Å²) >= 11 is 0. The third kappa shape index (κ3) is 3.91. The standard InChI is InChI=1S/C19H25N5O/c20-19-21-17(13-18(22-19)24-6-1-2-7-24)16-5-3-4-15(12-16)14-23-8-10-25-11-9-23/h3-5,12-13H,1-2,6-11,14H2,(H2,20,21,22). The summed E-state index contributed by atoms with van der Waals surface area (Å²) in [6.07, 6.45) is 2.43. The molecule has 2 aliphatic rings. The van der Waals surface area contributed by atoms with Crippen molar-refractivity contribution in [1.29, 1.82) is 0 Å². The molecule has 0 atom stereocenters. The third-order valence-electron chi connectivity index (χ3n) is 4.89. The average molecular weight is 339 g/mol. The summed E-state index contributed by atoms with van der Waals surface area (Å²) < 4.78 is 5.43. The molecule has 2 aromatic rings. The van der Waals surface area contributed by atoms with E-state index in [-0.39, 0.29) is 0 Å². The molecule has 2 saturated heterocycles. The molecule has 6 heteroatoms. The number of hydrogen-bond donors (Lipinski definition) is 1. The number of nitrogen functional groups attached to an aromatic ring is 1. The Kier molecular flexibility index (Phi) is 4.81. The van der Waals surface area contributed by atoms with E-state index in [2.05, 4.69) is 50.1 Å². The lowest BCUT2D eigenvalue weighted by molar-refractivity contribution is 0.0342. The topological polar surface area (TPSA) is 67.5 Å². The Labute approximate surface area is 148 Å². The molecule has 0 aliphatic carbocycles. The average Bonchev–Trinajstić information content (AvgIpc) is 3.17. The van der Waals surface area contributed by atoms with Gasteiger partial charge in [0.2, 0.25) is 5.95 Å². The summed E-state index contributed by atoms with van der Waals surface area (Å²) in [5, 5.41) is 0. The largest absolute Gasteiger partial charge is 0.379 e. The van der Waals surface area contributed by atoms with Gasteiger partial charge in [0.25, 0.3) is 0 Å². The van der Waals surface area contributed by atoms with E-state index >= 15 is 0 Å². The molecule has 4 rings (SSSR count). The van der Waals surface area contributed by atoms with E-state index in [0.717, 1.165) is 63.0 Å². The van der Waals surface area contributed by atoms with Gasteiger partial charge in [-0.05, 0) is 24.5 Å². The number of anilines is 2. The second-order valence-corrected chi connectivity index (χ2v) is 6.75. The molecule has 1 aromatic carbocycles. The minimum absolute atomic E-state index is 0.345. The Morgan fingerprint density at radius 3 is 2.60 bits per heavy atom. The highest BCUT2D eigenvalue weighted by Crippen LogP contribution is 2.26. The van der Waals surface area contributed by atoms with Crippen molar-refractivity contribution in [1.82, 2.24) is 14.9 Å². The molecule has 132 valence electrons. The molecule has 0 saturated carbocycles. The van der Waals surface area contributed by atoms with Gasteiger partial charge in [-0.3, -0.25) is 4.90 Å². The third-order valence-corrected chi connectivity index (χ3v) is 4.89. The maximum Gasteiger partial charge on any atom is 0.222 e. The van der Waals surface area contributed by atoms with Crippen molar-refractivity contribution in [3.8, 4) is 11.3 Å². The molecular weight excluding hydrogens is 314 g/mol. The minimum atomic E-state index is 0.345. The lowest BCUT2D eigenvalue weighted by Crippen LogP contribution is -2.35. The number of morpholine rings is 1. The first-order chi connectivity index (χ1) is 12.3. The Morgan fingerprint density at radius 2 is 1.80 bits per heavy atom. The van der Waals surface area contributed by atoms with Crippen LogP contribution in [0, 0.1) is 0 Å². The molecular formula is C19H25N5O. The lowest BCUT2D eigenvalue weighted by atomic mass is 10.1. The van der Waals surface area contributed by atoms with E-state index in [9.17, 15) is 0 Å². The van der Waals surface area contributed by atoms with Crippen molar-refractivity contribution in [2.45, 2.75) is 19.4 Å². The Morgan fingerprint density at radius 1 is 1.00 bits per heavy atom. The van der Waals surface area contributed by atoms with Crippen molar-refractivity contribution >= 4 is 11.8 Å². The highest BCUT2D eigenvalue weighted by molar-refractivity contribution is 5.65. The first kappa shape index (κ1) is 16.3. The summed E-state index contributed by atoms with van der Waals surface area (Å²) in [6, 6.07) is 10.6. The predicted molar refractivity (Wildman–Crippen MR) is 99.4 cm³/mol. The Balaban J connectivity index is 1.57. The number of nitrogens with two attached hydrogens (primary N) is 1. The van der Waals surface area contributed by atoms with Crippen molar-refractivity contribution in [3.05, 3.63) is 35.9 Å². The second-order valence-electron chi connectivity index (χ2n) is 6.75. The van der Waals surface area contributed by atoms with Crippen LogP contribution in [0.1, 0.15) is 18.4 Å². The van der Waals surface area contributed by atoms with Crippen LogP contribution in [0.3, 0.4) is 0 Å². The molecule has 0 unspecified atom stereocenters. The number of benzene rings is 1. The van der Waals surface area contributed by atoms with Crippen LogP contribution < -0.4 is 10.6 Å². The van der Waals surface area contributed by atoms with Crippen molar-refractivity contribution in [3.63, 3.8) is 0 Å². The SMILES string of the molecule is Nc1nc(-c2cccc(CN3CCOCC3)c2)cc(N2CCCC2)n1. The van der Waals surface area contributed by atoms with Gasteiger partial charge in [-0.1, -0.05) is 18.2 Å². The van der Waals surface area contributed by atoms with E-state index in [1.54, 1.807) is 0 Å². The summed E-state index contributed by atoms with van der Waals surface area (Å²) in [5.41, 5.74) is 9.27. The quantitative estimate of drug-likeness (QED) is 0.921. The zero-order chi connectivity index (χ0) is 17.1. The minimum Gasteiger partial charge on any atom is -0.379 e. The van der Waals surface area contributed by atoms with Gasteiger partial charge in [0.1, 0.15) is 5.82 Å². The summed E-state index contributed by atoms with van der Waals surface area (Å²) in [4.78, 5) is 13.6. The first-order valence-corrected chi connectivity index (χ1v) is 9.07. The van der Waals surface area contributed by atoms with Crippen molar-refractivity contribution in [2.24, 2.45) is 0 Å². The molecule has 3 heterocycles. The van der Waals surface area contributed by atoms with Crippen LogP contribution in [-0.4, -0.2) is 54.3 Å². The van der Waals surface area contributed by atoms with Gasteiger partial charge in [0, 0.05) is 44.4 Å². The van der Waals surface area contributed by atoms with E-state index in [1.165, 1.54) is 18.4 Å². The van der Waals surface area contributed by atoms with E-state index < -0.39 is 0 Å². The molecule has 1 aromatic heterocycles. The van der Waals surface area contributed by atoms with E-state index in [0.29, 0.717) is 5.95 Å². The van der Waals surface area contributed by atoms with E-state index in [1.807, 2.05) is 0 Å². The fourth-order valence-electron chi connectivity index (χ4n) is 3.56. The van der Waals surface area contributed by atoms with Gasteiger partial charge in [0.15, 0.2) is 0 Å². The van der Waals surface area contributed by atoms with Crippen LogP contribution in [-0.2, 0) is 11.3 Å². The van der Waals surface area contributed by atoms with Crippen molar-refractivity contribution in [2.75, 3.05) is 50.0 Å². The van der Waals surface area contributed by atoms with Crippen LogP contribution in [0.2, 0.25) is 0 Å². The summed E-state index contributed by atoms with van der Waals surface area (Å²) in [7, 11) is 0. The van der Waals surface area contributed by atoms with Crippen LogP contribution in [0.15, 0.2) is 30.3 Å². The fourth-order valence-corrected chi connectivity index (χ4v) is 3.56. The van der Waals surface area contributed by atoms with Crippen LogP contribution in [0.4, 0.5) is 11.8 Å². The number of ether oxygens (including phenoxy) is 1.